The number of rotatable bonds is 3. The second-order valence-corrected chi connectivity index (χ2v) is 4.87. The molecule has 1 aliphatic carbocycles. The molecular weight excluding hydrogens is 232 g/mol. The fraction of sp³-hybridized carbons (Fsp3) is 0.636. The summed E-state index contributed by atoms with van der Waals surface area (Å²) in [6.07, 6.45) is 8.72. The summed E-state index contributed by atoms with van der Waals surface area (Å²) in [5.41, 5.74) is 0.337. The molecule has 1 aliphatic rings. The average molecular weight is 248 g/mol. The molecule has 7 heteroatoms. The Kier molecular flexibility index (Phi) is 2.83. The number of nitrogens with zero attached hydrogens (tertiary/aromatic N) is 5. The van der Waals surface area contributed by atoms with E-state index in [-0.39, 0.29) is 12.1 Å². The Hall–Kier alpha value is -1.76. The molecule has 18 heavy (non-hydrogen) atoms. The predicted molar refractivity (Wildman–Crippen MR) is 65.1 cm³/mol. The van der Waals surface area contributed by atoms with E-state index in [2.05, 4.69) is 25.8 Å². The van der Waals surface area contributed by atoms with Gasteiger partial charge in [-0.2, -0.15) is 4.52 Å². The molecule has 2 heterocycles. The van der Waals surface area contributed by atoms with Crippen molar-refractivity contribution in [3.8, 4) is 0 Å². The summed E-state index contributed by atoms with van der Waals surface area (Å²) in [7, 11) is 0. The molecule has 7 nitrogen and oxygen atoms in total. The molecule has 0 bridgehead atoms. The molecule has 1 fully saturated rings. The molecule has 2 aromatic rings. The zero-order valence-electron chi connectivity index (χ0n) is 10.1. The lowest BCUT2D eigenvalue weighted by molar-refractivity contribution is 0.172. The summed E-state index contributed by atoms with van der Waals surface area (Å²) in [5.74, 6) is 0.730. The third-order valence-electron chi connectivity index (χ3n) is 3.62. The zero-order chi connectivity index (χ0) is 12.4. The van der Waals surface area contributed by atoms with Crippen molar-refractivity contribution in [3.63, 3.8) is 0 Å². The van der Waals surface area contributed by atoms with Crippen LogP contribution in [0, 0.1) is 0 Å². The number of fused-ring (bicyclic) bond motifs is 1. The van der Waals surface area contributed by atoms with Crippen molar-refractivity contribution in [1.82, 2.24) is 25.0 Å². The fourth-order valence-corrected chi connectivity index (χ4v) is 2.58. The van der Waals surface area contributed by atoms with Crippen LogP contribution >= 0.6 is 0 Å². The Balaban J connectivity index is 1.92. The SMILES string of the molecule is OCC1(Nc2cncc3nnnn23)CCCCC1. The number of hydrogen-bond acceptors (Lipinski definition) is 6. The normalized spacial score (nSPS) is 18.9. The number of tetrazole rings is 1. The summed E-state index contributed by atoms with van der Waals surface area (Å²) in [6, 6.07) is 0. The first-order valence-electron chi connectivity index (χ1n) is 6.24. The first kappa shape index (κ1) is 11.3. The Bertz CT molecular complexity index is 533. The van der Waals surface area contributed by atoms with Crippen LogP contribution < -0.4 is 5.32 Å². The van der Waals surface area contributed by atoms with Gasteiger partial charge in [-0.3, -0.25) is 4.98 Å². The number of hydrogen-bond donors (Lipinski definition) is 2. The molecule has 0 atom stereocenters. The molecule has 3 rings (SSSR count). The Morgan fingerprint density at radius 2 is 2.11 bits per heavy atom. The minimum Gasteiger partial charge on any atom is -0.394 e. The maximum Gasteiger partial charge on any atom is 0.199 e. The van der Waals surface area contributed by atoms with Crippen molar-refractivity contribution >= 4 is 11.5 Å². The van der Waals surface area contributed by atoms with E-state index in [4.69, 9.17) is 0 Å². The van der Waals surface area contributed by atoms with Gasteiger partial charge in [0.15, 0.2) is 11.5 Å². The molecule has 0 saturated heterocycles. The molecule has 0 aromatic carbocycles. The third-order valence-corrected chi connectivity index (χ3v) is 3.62. The molecule has 1 saturated carbocycles. The summed E-state index contributed by atoms with van der Waals surface area (Å²) < 4.78 is 1.61. The van der Waals surface area contributed by atoms with Crippen LogP contribution in [-0.2, 0) is 0 Å². The lowest BCUT2D eigenvalue weighted by atomic mass is 9.82. The third kappa shape index (κ3) is 1.90. The van der Waals surface area contributed by atoms with Gasteiger partial charge in [0.05, 0.1) is 24.5 Å². The van der Waals surface area contributed by atoms with Crippen LogP contribution in [-0.4, -0.2) is 42.3 Å². The van der Waals surface area contributed by atoms with E-state index in [0.29, 0.717) is 5.65 Å². The van der Waals surface area contributed by atoms with Gasteiger partial charge in [0.1, 0.15) is 0 Å². The molecule has 0 unspecified atom stereocenters. The van der Waals surface area contributed by atoms with Crippen molar-refractivity contribution in [2.75, 3.05) is 11.9 Å². The molecule has 2 aromatic heterocycles. The van der Waals surface area contributed by atoms with Crippen LogP contribution in [0.3, 0.4) is 0 Å². The van der Waals surface area contributed by atoms with Gasteiger partial charge < -0.3 is 10.4 Å². The van der Waals surface area contributed by atoms with Crippen LogP contribution in [0.2, 0.25) is 0 Å². The predicted octanol–water partition coefficient (Wildman–Crippen LogP) is 0.626. The standard InChI is InChI=1S/C11H16N6O/c18-8-11(4-2-1-3-5-11)13-9-6-12-7-10-14-15-16-17(9)10/h6-7,13,18H,1-5,8H2. The highest BCUT2D eigenvalue weighted by molar-refractivity contribution is 5.45. The van der Waals surface area contributed by atoms with Crippen LogP contribution in [0.5, 0.6) is 0 Å². The monoisotopic (exact) mass is 248 g/mol. The quantitative estimate of drug-likeness (QED) is 0.828. The molecule has 0 spiro atoms. The molecule has 96 valence electrons. The van der Waals surface area contributed by atoms with Crippen molar-refractivity contribution in [2.24, 2.45) is 0 Å². The van der Waals surface area contributed by atoms with Crippen molar-refractivity contribution in [3.05, 3.63) is 12.4 Å². The van der Waals surface area contributed by atoms with E-state index in [9.17, 15) is 5.11 Å². The Morgan fingerprint density at radius 3 is 2.89 bits per heavy atom. The van der Waals surface area contributed by atoms with Gasteiger partial charge in [0.25, 0.3) is 0 Å². The van der Waals surface area contributed by atoms with E-state index >= 15 is 0 Å². The minimum absolute atomic E-state index is 0.117. The average Bonchev–Trinajstić information content (AvgIpc) is 2.89. The van der Waals surface area contributed by atoms with Crippen molar-refractivity contribution < 1.29 is 5.11 Å². The number of aliphatic hydroxyl groups excluding tert-OH is 1. The highest BCUT2D eigenvalue weighted by Crippen LogP contribution is 2.31. The molecule has 0 radical (unpaired) electrons. The van der Waals surface area contributed by atoms with Gasteiger partial charge in [0.2, 0.25) is 0 Å². The first-order chi connectivity index (χ1) is 8.83. The number of anilines is 1. The van der Waals surface area contributed by atoms with Gasteiger partial charge >= 0.3 is 0 Å². The maximum atomic E-state index is 9.68. The minimum atomic E-state index is -0.264. The van der Waals surface area contributed by atoms with Crippen LogP contribution in [0.4, 0.5) is 5.82 Å². The van der Waals surface area contributed by atoms with Gasteiger partial charge in [-0.25, -0.2) is 0 Å². The lowest BCUT2D eigenvalue weighted by Crippen LogP contribution is -2.44. The van der Waals surface area contributed by atoms with Gasteiger partial charge in [-0.1, -0.05) is 19.3 Å². The largest absolute Gasteiger partial charge is 0.394 e. The smallest absolute Gasteiger partial charge is 0.199 e. The summed E-state index contributed by atoms with van der Waals surface area (Å²) in [4.78, 5) is 4.11. The maximum absolute atomic E-state index is 9.68. The van der Waals surface area contributed by atoms with Gasteiger partial charge in [-0.15, -0.1) is 5.10 Å². The Morgan fingerprint density at radius 1 is 1.28 bits per heavy atom. The van der Waals surface area contributed by atoms with E-state index in [1.54, 1.807) is 16.9 Å². The van der Waals surface area contributed by atoms with E-state index in [0.717, 1.165) is 31.5 Å². The molecule has 0 aliphatic heterocycles. The highest BCUT2D eigenvalue weighted by atomic mass is 16.3. The van der Waals surface area contributed by atoms with Crippen LogP contribution in [0.15, 0.2) is 12.4 Å². The number of aliphatic hydroxyl groups is 1. The summed E-state index contributed by atoms with van der Waals surface area (Å²) in [6.45, 7) is 0.117. The van der Waals surface area contributed by atoms with E-state index in [1.807, 2.05) is 0 Å². The fourth-order valence-electron chi connectivity index (χ4n) is 2.58. The first-order valence-corrected chi connectivity index (χ1v) is 6.24. The zero-order valence-corrected chi connectivity index (χ0v) is 10.1. The Labute approximate surface area is 104 Å². The lowest BCUT2D eigenvalue weighted by Gasteiger charge is -2.37. The number of nitrogens with one attached hydrogen (secondary N) is 1. The van der Waals surface area contributed by atoms with Crippen LogP contribution in [0.25, 0.3) is 5.65 Å². The van der Waals surface area contributed by atoms with E-state index in [1.165, 1.54) is 6.42 Å². The summed E-state index contributed by atoms with van der Waals surface area (Å²) in [5, 5.41) is 24.5. The van der Waals surface area contributed by atoms with Crippen molar-refractivity contribution in [1.29, 1.82) is 0 Å². The summed E-state index contributed by atoms with van der Waals surface area (Å²) >= 11 is 0. The van der Waals surface area contributed by atoms with Gasteiger partial charge in [0, 0.05) is 0 Å². The van der Waals surface area contributed by atoms with E-state index < -0.39 is 0 Å². The van der Waals surface area contributed by atoms with Crippen LogP contribution in [0.1, 0.15) is 32.1 Å². The van der Waals surface area contributed by atoms with Crippen molar-refractivity contribution in [2.45, 2.75) is 37.6 Å². The molecular formula is C11H16N6O. The second kappa shape index (κ2) is 4.49. The second-order valence-electron chi connectivity index (χ2n) is 4.87. The highest BCUT2D eigenvalue weighted by Gasteiger charge is 2.31. The molecule has 2 N–H and O–H groups in total. The van der Waals surface area contributed by atoms with Gasteiger partial charge in [-0.05, 0) is 23.3 Å². The number of aromatic nitrogens is 5. The topological polar surface area (TPSA) is 88.2 Å². The molecule has 0 amide bonds.